The van der Waals surface area contributed by atoms with E-state index in [1.54, 1.807) is 0 Å². The molecule has 58 heavy (non-hydrogen) atoms. The van der Waals surface area contributed by atoms with Crippen LogP contribution in [0.15, 0.2) is 224 Å². The summed E-state index contributed by atoms with van der Waals surface area (Å²) in [6.45, 7) is 0. The Hall–Kier alpha value is -7.20. The molecule has 0 bridgehead atoms. The summed E-state index contributed by atoms with van der Waals surface area (Å²) in [5, 5.41) is 8.10. The molecule has 272 valence electrons. The van der Waals surface area contributed by atoms with E-state index in [1.807, 2.05) is 0 Å². The van der Waals surface area contributed by atoms with E-state index in [1.165, 1.54) is 75.9 Å². The molecule has 9 aromatic carbocycles. The van der Waals surface area contributed by atoms with Gasteiger partial charge in [-0.25, -0.2) is 0 Å². The maximum Gasteiger partial charge on any atom is 0.180 e. The van der Waals surface area contributed by atoms with Crippen molar-refractivity contribution in [3.05, 3.63) is 247 Å². The van der Waals surface area contributed by atoms with Gasteiger partial charge in [0.2, 0.25) is 0 Å². The van der Waals surface area contributed by atoms with Crippen LogP contribution in [0.25, 0.3) is 38.6 Å². The van der Waals surface area contributed by atoms with Crippen LogP contribution < -0.4 is 25.5 Å². The van der Waals surface area contributed by atoms with Crippen molar-refractivity contribution < 1.29 is 4.74 Å². The molecule has 2 nitrogen and oxygen atoms in total. The Bertz CT molecular complexity index is 3060. The van der Waals surface area contributed by atoms with Crippen LogP contribution in [0.4, 0.5) is 0 Å². The average molecular weight is 756 g/mol. The summed E-state index contributed by atoms with van der Waals surface area (Å²) in [5.74, 6) is 1.80. The lowest BCUT2D eigenvalue weighted by Gasteiger charge is -2.51. The monoisotopic (exact) mass is 755 g/mol. The molecule has 2 aliphatic rings. The number of fused-ring (bicyclic) bond motifs is 11. The van der Waals surface area contributed by atoms with Crippen LogP contribution in [0.2, 0.25) is 0 Å². The van der Waals surface area contributed by atoms with Crippen molar-refractivity contribution in [2.75, 3.05) is 0 Å². The van der Waals surface area contributed by atoms with Gasteiger partial charge < -0.3 is 9.30 Å². The van der Waals surface area contributed by atoms with Gasteiger partial charge in [0.05, 0.1) is 16.4 Å². The van der Waals surface area contributed by atoms with Gasteiger partial charge in [0.15, 0.2) is 8.07 Å². The van der Waals surface area contributed by atoms with Crippen LogP contribution in [0.1, 0.15) is 22.3 Å². The minimum Gasteiger partial charge on any atom is -0.457 e. The molecule has 1 aromatic heterocycles. The first kappa shape index (κ1) is 33.0. The number of para-hydroxylation sites is 4. The Morgan fingerprint density at radius 2 is 0.828 bits per heavy atom. The highest BCUT2D eigenvalue weighted by molar-refractivity contribution is 7.20. The number of hydrogen-bond donors (Lipinski definition) is 0. The van der Waals surface area contributed by atoms with Crippen molar-refractivity contribution in [2.24, 2.45) is 0 Å². The first-order valence-electron chi connectivity index (χ1n) is 20.1. The van der Waals surface area contributed by atoms with Gasteiger partial charge >= 0.3 is 0 Å². The summed E-state index contributed by atoms with van der Waals surface area (Å²) in [6, 6.07) is 83.3. The van der Waals surface area contributed by atoms with Gasteiger partial charge in [-0.2, -0.15) is 0 Å². The zero-order chi connectivity index (χ0) is 38.3. The van der Waals surface area contributed by atoms with E-state index in [0.717, 1.165) is 17.2 Å². The van der Waals surface area contributed by atoms with Crippen molar-refractivity contribution >= 4 is 50.6 Å². The van der Waals surface area contributed by atoms with Gasteiger partial charge in [-0.3, -0.25) is 0 Å². The van der Waals surface area contributed by atoms with Crippen molar-refractivity contribution in [1.29, 1.82) is 0 Å². The predicted octanol–water partition coefficient (Wildman–Crippen LogP) is 10.6. The molecule has 0 atom stereocenters. The lowest BCUT2D eigenvalue weighted by atomic mass is 9.63. The molecule has 0 saturated heterocycles. The molecule has 10 aromatic rings. The highest BCUT2D eigenvalue weighted by Gasteiger charge is 2.57. The molecular formula is C55H37NOSi. The predicted molar refractivity (Wildman–Crippen MR) is 242 cm³/mol. The summed E-state index contributed by atoms with van der Waals surface area (Å²) < 4.78 is 9.18. The fraction of sp³-hybridized carbons (Fsp3) is 0.0182. The Kier molecular flexibility index (Phi) is 7.20. The highest BCUT2D eigenvalue weighted by Crippen LogP contribution is 2.56. The fourth-order valence-corrected chi connectivity index (χ4v) is 15.8. The third-order valence-corrected chi connectivity index (χ3v) is 17.7. The van der Waals surface area contributed by atoms with E-state index in [-0.39, 0.29) is 0 Å². The first-order chi connectivity index (χ1) is 28.8. The number of rotatable bonds is 4. The van der Waals surface area contributed by atoms with Crippen molar-refractivity contribution in [3.8, 4) is 28.3 Å². The Labute approximate surface area is 338 Å². The standard InChI is InChI=1S/C55H37NOSi/c1-3-17-41(18-4-1)58(42-19-5-2-6-20-42)53-30-16-11-25-47(53)55(45-23-9-14-28-51(45)57-52-29-15-10-24-46(52)55)48-37-39(33-36-54(48)58)38-31-34-40(35-32-38)56-49-26-12-7-21-43(49)44-22-8-13-27-50(44)56/h1-37H. The molecule has 0 saturated carbocycles. The average Bonchev–Trinajstić information content (AvgIpc) is 3.64. The molecule has 0 amide bonds. The minimum atomic E-state index is -2.89. The fourth-order valence-electron chi connectivity index (χ4n) is 10.5. The third-order valence-electron chi connectivity index (χ3n) is 12.8. The van der Waals surface area contributed by atoms with Crippen LogP contribution in [-0.2, 0) is 5.41 Å². The quantitative estimate of drug-likeness (QED) is 0.163. The van der Waals surface area contributed by atoms with Crippen LogP contribution in [-0.4, -0.2) is 12.6 Å². The van der Waals surface area contributed by atoms with Crippen LogP contribution in [0.5, 0.6) is 11.5 Å². The summed E-state index contributed by atoms with van der Waals surface area (Å²) in [5.41, 5.74) is 10.3. The second kappa shape index (κ2) is 12.7. The second-order valence-corrected chi connectivity index (χ2v) is 19.3. The number of aromatic nitrogens is 1. The van der Waals surface area contributed by atoms with Gasteiger partial charge in [-0.15, -0.1) is 0 Å². The zero-order valence-corrected chi connectivity index (χ0v) is 32.7. The zero-order valence-electron chi connectivity index (χ0n) is 31.7. The molecule has 3 heteroatoms. The van der Waals surface area contributed by atoms with Crippen molar-refractivity contribution in [1.82, 2.24) is 4.57 Å². The second-order valence-electron chi connectivity index (χ2n) is 15.5. The maximum atomic E-state index is 6.79. The minimum absolute atomic E-state index is 0.629. The largest absolute Gasteiger partial charge is 0.457 e. The van der Waals surface area contributed by atoms with E-state index in [2.05, 4.69) is 229 Å². The molecule has 2 aliphatic heterocycles. The van der Waals surface area contributed by atoms with Gasteiger partial charge in [-0.05, 0) is 85.5 Å². The number of ether oxygens (including phenoxy) is 1. The molecule has 1 spiro atoms. The molecule has 0 radical (unpaired) electrons. The Morgan fingerprint density at radius 1 is 0.362 bits per heavy atom. The molecule has 0 aliphatic carbocycles. The van der Waals surface area contributed by atoms with E-state index in [9.17, 15) is 0 Å². The molecule has 0 unspecified atom stereocenters. The maximum absolute atomic E-state index is 6.79. The highest BCUT2D eigenvalue weighted by atomic mass is 28.3. The molecule has 3 heterocycles. The Morgan fingerprint density at radius 3 is 1.43 bits per heavy atom. The van der Waals surface area contributed by atoms with Crippen LogP contribution >= 0.6 is 0 Å². The number of benzene rings is 9. The van der Waals surface area contributed by atoms with E-state index in [0.29, 0.717) is 0 Å². The lowest BCUT2D eigenvalue weighted by Crippen LogP contribution is -2.79. The molecule has 12 rings (SSSR count). The van der Waals surface area contributed by atoms with E-state index < -0.39 is 13.5 Å². The van der Waals surface area contributed by atoms with Gasteiger partial charge in [-0.1, -0.05) is 182 Å². The van der Waals surface area contributed by atoms with Crippen molar-refractivity contribution in [2.45, 2.75) is 5.41 Å². The smallest absolute Gasteiger partial charge is 0.180 e. The molecule has 0 fully saturated rings. The van der Waals surface area contributed by atoms with Gasteiger partial charge in [0, 0.05) is 27.6 Å². The third kappa shape index (κ3) is 4.42. The summed E-state index contributed by atoms with van der Waals surface area (Å²) >= 11 is 0. The lowest BCUT2D eigenvalue weighted by molar-refractivity contribution is 0.435. The van der Waals surface area contributed by atoms with Gasteiger partial charge in [0.1, 0.15) is 11.5 Å². The normalized spacial score (nSPS) is 14.3. The van der Waals surface area contributed by atoms with Gasteiger partial charge in [0.25, 0.3) is 0 Å². The summed E-state index contributed by atoms with van der Waals surface area (Å²) in [7, 11) is -2.89. The summed E-state index contributed by atoms with van der Waals surface area (Å²) in [4.78, 5) is 0. The van der Waals surface area contributed by atoms with E-state index >= 15 is 0 Å². The SMILES string of the molecule is c1ccc([Si]2(c3ccccc3)c3ccccc3C3(c4ccccc4Oc4ccccc43)c3cc(-c4ccc(-n5c6ccccc6c6ccccc65)cc4)ccc32)cc1. The molecule has 0 N–H and O–H groups in total. The van der Waals surface area contributed by atoms with Crippen LogP contribution in [0.3, 0.4) is 0 Å². The number of nitrogens with zero attached hydrogens (tertiary/aromatic N) is 1. The summed E-state index contributed by atoms with van der Waals surface area (Å²) in [6.07, 6.45) is 0. The first-order valence-corrected chi connectivity index (χ1v) is 22.1. The molecular weight excluding hydrogens is 719 g/mol. The topological polar surface area (TPSA) is 14.2 Å². The Balaban J connectivity index is 1.16. The van der Waals surface area contributed by atoms with E-state index in [4.69, 9.17) is 4.74 Å². The van der Waals surface area contributed by atoms with Crippen LogP contribution in [0, 0.1) is 0 Å². The number of hydrogen-bond acceptors (Lipinski definition) is 1. The van der Waals surface area contributed by atoms with Crippen molar-refractivity contribution in [3.63, 3.8) is 0 Å².